The van der Waals surface area contributed by atoms with E-state index in [0.717, 1.165) is 61.4 Å². The maximum atomic E-state index is 11.9. The topological polar surface area (TPSA) is 67.6 Å². The summed E-state index contributed by atoms with van der Waals surface area (Å²) >= 11 is 6.06. The number of nitrogens with zero attached hydrogens (tertiary/aromatic N) is 2. The summed E-state index contributed by atoms with van der Waals surface area (Å²) < 4.78 is 10.5. The number of benzene rings is 1. The Hall–Kier alpha value is -1.63. The Morgan fingerprint density at radius 3 is 2.74 bits per heavy atom. The van der Waals surface area contributed by atoms with Crippen LogP contribution in [0.3, 0.4) is 0 Å². The van der Waals surface area contributed by atoms with Gasteiger partial charge in [-0.25, -0.2) is 0 Å². The number of methoxy groups -OCH3 is 1. The fraction of sp³-hybridized carbons (Fsp3) is 0.667. The zero-order chi connectivity index (χ0) is 21.6. The number of hydrogen-bond donors (Lipinski definition) is 1. The Bertz CT molecular complexity index is 855. The molecule has 0 radical (unpaired) electrons. The van der Waals surface area contributed by atoms with Gasteiger partial charge in [0.2, 0.25) is 5.91 Å². The van der Waals surface area contributed by atoms with Crippen molar-refractivity contribution < 1.29 is 14.1 Å². The molecule has 2 heterocycles. The second kappa shape index (κ2) is 10.8. The molecule has 0 bridgehead atoms. The van der Waals surface area contributed by atoms with Crippen LogP contribution in [0.15, 0.2) is 22.7 Å². The number of carbonyl (C=O) groups is 1. The van der Waals surface area contributed by atoms with Gasteiger partial charge in [-0.3, -0.25) is 4.79 Å². The van der Waals surface area contributed by atoms with Gasteiger partial charge in [-0.15, -0.1) is 0 Å². The van der Waals surface area contributed by atoms with E-state index in [0.29, 0.717) is 30.0 Å². The molecule has 7 heteroatoms. The quantitative estimate of drug-likeness (QED) is 0.631. The lowest BCUT2D eigenvalue weighted by atomic mass is 9.83. The minimum Gasteiger partial charge on any atom is -0.384 e. The number of aromatic nitrogens is 1. The maximum Gasteiger partial charge on any atom is 0.222 e. The molecule has 2 fully saturated rings. The number of amides is 1. The number of piperidine rings is 1. The van der Waals surface area contributed by atoms with Crippen LogP contribution in [0.25, 0.3) is 11.0 Å². The molecule has 0 unspecified atom stereocenters. The van der Waals surface area contributed by atoms with E-state index < -0.39 is 0 Å². The molecular formula is C24H34ClN3O3. The zero-order valence-electron chi connectivity index (χ0n) is 18.4. The summed E-state index contributed by atoms with van der Waals surface area (Å²) in [5, 5.41) is 9.32. The summed E-state index contributed by atoms with van der Waals surface area (Å²) in [6, 6.07) is 6.15. The molecule has 2 aliphatic rings. The van der Waals surface area contributed by atoms with Crippen LogP contribution >= 0.6 is 11.6 Å². The summed E-state index contributed by atoms with van der Waals surface area (Å²) in [6.45, 7) is 3.92. The van der Waals surface area contributed by atoms with Gasteiger partial charge in [0.25, 0.3) is 0 Å². The molecule has 0 spiro atoms. The summed E-state index contributed by atoms with van der Waals surface area (Å²) in [7, 11) is 1.63. The largest absolute Gasteiger partial charge is 0.384 e. The molecule has 1 saturated heterocycles. The van der Waals surface area contributed by atoms with Crippen molar-refractivity contribution in [1.82, 2.24) is 15.4 Å². The molecule has 1 aliphatic carbocycles. The Morgan fingerprint density at radius 1 is 1.23 bits per heavy atom. The average Bonchev–Trinajstić information content (AvgIpc) is 3.20. The molecule has 4 rings (SSSR count). The van der Waals surface area contributed by atoms with E-state index in [4.69, 9.17) is 20.9 Å². The maximum absolute atomic E-state index is 11.9. The van der Waals surface area contributed by atoms with Crippen LogP contribution in [0.5, 0.6) is 0 Å². The van der Waals surface area contributed by atoms with Crippen molar-refractivity contribution >= 4 is 28.5 Å². The van der Waals surface area contributed by atoms with E-state index in [2.05, 4.69) is 15.4 Å². The predicted octanol–water partition coefficient (Wildman–Crippen LogP) is 4.76. The van der Waals surface area contributed by atoms with E-state index in [-0.39, 0.29) is 5.91 Å². The number of fused-ring (bicyclic) bond motifs is 1. The second-order valence-electron chi connectivity index (χ2n) is 9.14. The number of carbonyl (C=O) groups excluding carboxylic acids is 1. The summed E-state index contributed by atoms with van der Waals surface area (Å²) in [5.74, 6) is 1.38. The highest BCUT2D eigenvalue weighted by Gasteiger charge is 2.27. The molecule has 2 aromatic rings. The Balaban J connectivity index is 1.16. The molecule has 1 saturated carbocycles. The van der Waals surface area contributed by atoms with Gasteiger partial charge in [-0.2, -0.15) is 0 Å². The number of hydrogen-bond acceptors (Lipinski definition) is 5. The Morgan fingerprint density at radius 2 is 2.00 bits per heavy atom. The first-order valence-electron chi connectivity index (χ1n) is 11.7. The van der Waals surface area contributed by atoms with Crippen molar-refractivity contribution in [3.63, 3.8) is 0 Å². The fourth-order valence-electron chi connectivity index (χ4n) is 5.11. The molecule has 31 heavy (non-hydrogen) atoms. The first kappa shape index (κ1) is 22.6. The smallest absolute Gasteiger partial charge is 0.222 e. The molecule has 170 valence electrons. The SMILES string of the molecule is COCCC(=O)N[C@H]1CC[C@H](CCN2CCC(c3noc4cc(Cl)ccc34)CC2)CC1. The van der Waals surface area contributed by atoms with Gasteiger partial charge >= 0.3 is 0 Å². The third-order valence-electron chi connectivity index (χ3n) is 7.03. The van der Waals surface area contributed by atoms with Gasteiger partial charge in [0.05, 0.1) is 12.3 Å². The third kappa shape index (κ3) is 5.99. The highest BCUT2D eigenvalue weighted by Crippen LogP contribution is 2.34. The molecule has 1 amide bonds. The first-order chi connectivity index (χ1) is 15.1. The van der Waals surface area contributed by atoms with Crippen LogP contribution in [-0.2, 0) is 9.53 Å². The monoisotopic (exact) mass is 447 g/mol. The van der Waals surface area contributed by atoms with Crippen LogP contribution in [0.1, 0.15) is 63.0 Å². The number of likely N-dealkylation sites (tertiary alicyclic amines) is 1. The van der Waals surface area contributed by atoms with Gasteiger partial charge in [0.15, 0.2) is 5.58 Å². The Kier molecular flexibility index (Phi) is 7.86. The van der Waals surface area contributed by atoms with Crippen molar-refractivity contribution in [2.75, 3.05) is 33.4 Å². The summed E-state index contributed by atoms with van der Waals surface area (Å²) in [6.07, 6.45) is 8.64. The number of halogens is 1. The number of rotatable bonds is 8. The fourth-order valence-corrected chi connectivity index (χ4v) is 5.27. The van der Waals surface area contributed by atoms with E-state index in [1.54, 1.807) is 7.11 Å². The third-order valence-corrected chi connectivity index (χ3v) is 7.27. The van der Waals surface area contributed by atoms with Crippen molar-refractivity contribution in [2.24, 2.45) is 5.92 Å². The van der Waals surface area contributed by atoms with Gasteiger partial charge in [0.1, 0.15) is 0 Å². The van der Waals surface area contributed by atoms with E-state index in [9.17, 15) is 4.79 Å². The van der Waals surface area contributed by atoms with Crippen LogP contribution in [0.4, 0.5) is 0 Å². The lowest BCUT2D eigenvalue weighted by Crippen LogP contribution is -2.39. The molecule has 0 atom stereocenters. The van der Waals surface area contributed by atoms with Crippen LogP contribution < -0.4 is 5.32 Å². The van der Waals surface area contributed by atoms with E-state index in [1.165, 1.54) is 25.8 Å². The molecule has 1 aromatic carbocycles. The summed E-state index contributed by atoms with van der Waals surface area (Å²) in [5.41, 5.74) is 1.88. The first-order valence-corrected chi connectivity index (χ1v) is 12.1. The minimum atomic E-state index is 0.121. The normalized spacial score (nSPS) is 23.3. The van der Waals surface area contributed by atoms with Crippen molar-refractivity contribution in [1.29, 1.82) is 0 Å². The molecule has 1 aromatic heterocycles. The molecular weight excluding hydrogens is 414 g/mol. The van der Waals surface area contributed by atoms with Gasteiger partial charge in [-0.1, -0.05) is 16.8 Å². The predicted molar refractivity (Wildman–Crippen MR) is 122 cm³/mol. The standard InChI is InChI=1S/C24H34ClN3O3/c1-30-15-11-23(29)26-20-5-2-17(3-6-20)8-12-28-13-9-18(10-14-28)24-21-7-4-19(25)16-22(21)31-27-24/h4,7,16-18,20H,2-3,5-6,8-15H2,1H3,(H,26,29)/t17-,20-. The Labute approximate surface area is 189 Å². The van der Waals surface area contributed by atoms with E-state index >= 15 is 0 Å². The van der Waals surface area contributed by atoms with Crippen LogP contribution in [0.2, 0.25) is 5.02 Å². The summed E-state index contributed by atoms with van der Waals surface area (Å²) in [4.78, 5) is 14.5. The van der Waals surface area contributed by atoms with Crippen LogP contribution in [0, 0.1) is 5.92 Å². The second-order valence-corrected chi connectivity index (χ2v) is 9.58. The zero-order valence-corrected chi connectivity index (χ0v) is 19.2. The van der Waals surface area contributed by atoms with Crippen molar-refractivity contribution in [3.8, 4) is 0 Å². The number of nitrogens with one attached hydrogen (secondary N) is 1. The highest BCUT2D eigenvalue weighted by atomic mass is 35.5. The lowest BCUT2D eigenvalue weighted by Gasteiger charge is -2.34. The van der Waals surface area contributed by atoms with E-state index in [1.807, 2.05) is 18.2 Å². The molecule has 1 aliphatic heterocycles. The van der Waals surface area contributed by atoms with Gasteiger partial charge in [0, 0.05) is 42.0 Å². The highest BCUT2D eigenvalue weighted by molar-refractivity contribution is 6.31. The van der Waals surface area contributed by atoms with Gasteiger partial charge in [-0.05, 0) is 82.6 Å². The van der Waals surface area contributed by atoms with Crippen molar-refractivity contribution in [2.45, 2.75) is 63.3 Å². The van der Waals surface area contributed by atoms with Crippen LogP contribution in [-0.4, -0.2) is 55.4 Å². The number of ether oxygens (including phenoxy) is 1. The minimum absolute atomic E-state index is 0.121. The van der Waals surface area contributed by atoms with Crippen molar-refractivity contribution in [3.05, 3.63) is 28.9 Å². The molecule has 6 nitrogen and oxygen atoms in total. The average molecular weight is 448 g/mol. The lowest BCUT2D eigenvalue weighted by molar-refractivity contribution is -0.122. The van der Waals surface area contributed by atoms with Gasteiger partial charge < -0.3 is 19.5 Å². The molecule has 1 N–H and O–H groups in total.